The molecule has 7 heteroatoms. The monoisotopic (exact) mass is 384 g/mol. The number of carbonyl (C=O) groups excluding carboxylic acids is 1. The summed E-state index contributed by atoms with van der Waals surface area (Å²) in [5.74, 6) is 0.608. The number of amides is 1. The Hall–Kier alpha value is -1.99. The van der Waals surface area contributed by atoms with Gasteiger partial charge in [-0.2, -0.15) is 4.37 Å². The standard InChI is InChI=1S/C19H20N4OS2/c1-13-7-5-6-10-23(13)15(24)11-25-19-18-17(20-12-21-19)16(22-26-18)14-8-3-2-4-9-14/h2-4,8-9,12-13H,5-7,10-11H2,1H3/t13-/m0/s1. The van der Waals surface area contributed by atoms with Gasteiger partial charge in [-0.3, -0.25) is 4.79 Å². The van der Waals surface area contributed by atoms with Crippen LogP contribution in [0.2, 0.25) is 0 Å². The van der Waals surface area contributed by atoms with Gasteiger partial charge in [0.1, 0.15) is 27.3 Å². The first-order valence-electron chi connectivity index (χ1n) is 8.82. The van der Waals surface area contributed by atoms with E-state index >= 15 is 0 Å². The fourth-order valence-electron chi connectivity index (χ4n) is 3.31. The van der Waals surface area contributed by atoms with Crippen molar-refractivity contribution in [3.8, 4) is 11.3 Å². The molecule has 3 aromatic rings. The maximum atomic E-state index is 12.6. The minimum absolute atomic E-state index is 0.196. The van der Waals surface area contributed by atoms with E-state index in [1.807, 2.05) is 35.2 Å². The topological polar surface area (TPSA) is 59.0 Å². The van der Waals surface area contributed by atoms with Gasteiger partial charge in [0, 0.05) is 18.2 Å². The normalized spacial score (nSPS) is 17.6. The summed E-state index contributed by atoms with van der Waals surface area (Å²) in [7, 11) is 0. The van der Waals surface area contributed by atoms with Crippen LogP contribution >= 0.6 is 23.3 Å². The molecule has 1 aromatic carbocycles. The highest BCUT2D eigenvalue weighted by molar-refractivity contribution is 8.00. The quantitative estimate of drug-likeness (QED) is 0.497. The Morgan fingerprint density at radius 2 is 2.12 bits per heavy atom. The second-order valence-corrected chi connectivity index (χ2v) is 8.21. The predicted molar refractivity (Wildman–Crippen MR) is 106 cm³/mol. The van der Waals surface area contributed by atoms with Crippen LogP contribution in [0.5, 0.6) is 0 Å². The fraction of sp³-hybridized carbons (Fsp3) is 0.368. The van der Waals surface area contributed by atoms with Crippen molar-refractivity contribution in [2.75, 3.05) is 12.3 Å². The van der Waals surface area contributed by atoms with Gasteiger partial charge in [-0.1, -0.05) is 42.1 Å². The minimum Gasteiger partial charge on any atom is -0.339 e. The molecule has 26 heavy (non-hydrogen) atoms. The van der Waals surface area contributed by atoms with E-state index in [1.54, 1.807) is 6.33 Å². The van der Waals surface area contributed by atoms with Crippen LogP contribution in [0, 0.1) is 0 Å². The summed E-state index contributed by atoms with van der Waals surface area (Å²) >= 11 is 2.89. The first-order valence-corrected chi connectivity index (χ1v) is 10.6. The third-order valence-electron chi connectivity index (χ3n) is 4.73. The molecule has 0 saturated carbocycles. The van der Waals surface area contributed by atoms with Gasteiger partial charge < -0.3 is 4.90 Å². The molecule has 1 aliphatic heterocycles. The van der Waals surface area contributed by atoms with Gasteiger partial charge in [-0.05, 0) is 37.7 Å². The molecule has 1 aliphatic rings. The lowest BCUT2D eigenvalue weighted by atomic mass is 10.0. The summed E-state index contributed by atoms with van der Waals surface area (Å²) in [6.45, 7) is 3.01. The maximum Gasteiger partial charge on any atom is 0.233 e. The number of nitrogens with zero attached hydrogens (tertiary/aromatic N) is 4. The summed E-state index contributed by atoms with van der Waals surface area (Å²) in [6.07, 6.45) is 4.99. The van der Waals surface area contributed by atoms with Crippen molar-refractivity contribution in [1.82, 2.24) is 19.2 Å². The van der Waals surface area contributed by atoms with Crippen molar-refractivity contribution in [3.05, 3.63) is 36.7 Å². The zero-order valence-corrected chi connectivity index (χ0v) is 16.2. The van der Waals surface area contributed by atoms with Crippen LogP contribution in [-0.4, -0.2) is 43.5 Å². The fourth-order valence-corrected chi connectivity index (χ4v) is 5.12. The zero-order valence-electron chi connectivity index (χ0n) is 14.6. The van der Waals surface area contributed by atoms with E-state index in [1.165, 1.54) is 29.7 Å². The van der Waals surface area contributed by atoms with Crippen molar-refractivity contribution in [2.24, 2.45) is 0 Å². The number of likely N-dealkylation sites (tertiary alicyclic amines) is 1. The number of carbonyl (C=O) groups is 1. The van der Waals surface area contributed by atoms with Gasteiger partial charge >= 0.3 is 0 Å². The first-order chi connectivity index (χ1) is 12.7. The number of piperidine rings is 1. The van der Waals surface area contributed by atoms with Crippen LogP contribution in [0.15, 0.2) is 41.7 Å². The van der Waals surface area contributed by atoms with E-state index in [0.717, 1.165) is 45.9 Å². The summed E-state index contributed by atoms with van der Waals surface area (Å²) < 4.78 is 5.54. The molecule has 5 nitrogen and oxygen atoms in total. The molecule has 2 aromatic heterocycles. The highest BCUT2D eigenvalue weighted by Gasteiger charge is 2.23. The molecular weight excluding hydrogens is 364 g/mol. The lowest BCUT2D eigenvalue weighted by Gasteiger charge is -2.33. The van der Waals surface area contributed by atoms with E-state index in [0.29, 0.717) is 11.8 Å². The molecule has 1 fully saturated rings. The van der Waals surface area contributed by atoms with Crippen molar-refractivity contribution in [1.29, 1.82) is 0 Å². The number of thioether (sulfide) groups is 1. The maximum absolute atomic E-state index is 12.6. The van der Waals surface area contributed by atoms with Gasteiger partial charge in [0.15, 0.2) is 0 Å². The molecule has 3 heterocycles. The van der Waals surface area contributed by atoms with E-state index in [-0.39, 0.29) is 5.91 Å². The van der Waals surface area contributed by atoms with E-state index < -0.39 is 0 Å². The average Bonchev–Trinajstić information content (AvgIpc) is 3.12. The molecule has 1 saturated heterocycles. The Balaban J connectivity index is 1.54. The van der Waals surface area contributed by atoms with Gasteiger partial charge in [0.2, 0.25) is 5.91 Å². The molecule has 0 radical (unpaired) electrons. The number of aromatic nitrogens is 3. The lowest BCUT2D eigenvalue weighted by molar-refractivity contribution is -0.131. The number of rotatable bonds is 4. The Kier molecular flexibility index (Phi) is 5.17. The summed E-state index contributed by atoms with van der Waals surface area (Å²) in [6, 6.07) is 10.4. The van der Waals surface area contributed by atoms with Crippen LogP contribution in [-0.2, 0) is 4.79 Å². The molecule has 134 valence electrons. The van der Waals surface area contributed by atoms with Gasteiger partial charge in [0.25, 0.3) is 0 Å². The summed E-state index contributed by atoms with van der Waals surface area (Å²) in [5.41, 5.74) is 2.79. The summed E-state index contributed by atoms with van der Waals surface area (Å²) in [5, 5.41) is 0.840. The highest BCUT2D eigenvalue weighted by atomic mass is 32.2. The molecule has 1 amide bonds. The Bertz CT molecular complexity index is 912. The first kappa shape index (κ1) is 17.4. The Morgan fingerprint density at radius 1 is 1.27 bits per heavy atom. The molecule has 0 spiro atoms. The average molecular weight is 385 g/mol. The molecule has 0 aliphatic carbocycles. The third-order valence-corrected chi connectivity index (χ3v) is 6.67. The number of hydrogen-bond donors (Lipinski definition) is 0. The largest absolute Gasteiger partial charge is 0.339 e. The van der Waals surface area contributed by atoms with Crippen LogP contribution in [0.4, 0.5) is 0 Å². The summed E-state index contributed by atoms with van der Waals surface area (Å²) in [4.78, 5) is 23.4. The van der Waals surface area contributed by atoms with Gasteiger partial charge in [-0.15, -0.1) is 0 Å². The van der Waals surface area contributed by atoms with Crippen molar-refractivity contribution >= 4 is 39.4 Å². The van der Waals surface area contributed by atoms with Crippen molar-refractivity contribution in [3.63, 3.8) is 0 Å². The Morgan fingerprint density at radius 3 is 2.92 bits per heavy atom. The van der Waals surface area contributed by atoms with E-state index in [9.17, 15) is 4.79 Å². The molecule has 0 unspecified atom stereocenters. The second-order valence-electron chi connectivity index (χ2n) is 6.47. The van der Waals surface area contributed by atoms with Gasteiger partial charge in [0.05, 0.1) is 5.75 Å². The minimum atomic E-state index is 0.196. The highest BCUT2D eigenvalue weighted by Crippen LogP contribution is 2.34. The molecule has 0 bridgehead atoms. The SMILES string of the molecule is C[C@H]1CCCCN1C(=O)CSc1ncnc2c(-c3ccccc3)nsc12. The van der Waals surface area contributed by atoms with Gasteiger partial charge in [-0.25, -0.2) is 9.97 Å². The Labute approximate surface area is 161 Å². The molecular formula is C19H20N4OS2. The number of hydrogen-bond acceptors (Lipinski definition) is 6. The van der Waals surface area contributed by atoms with E-state index in [2.05, 4.69) is 21.3 Å². The molecule has 1 atom stereocenters. The lowest BCUT2D eigenvalue weighted by Crippen LogP contribution is -2.42. The zero-order chi connectivity index (χ0) is 17.9. The molecule has 4 rings (SSSR count). The third kappa shape index (κ3) is 3.46. The molecule has 0 N–H and O–H groups in total. The second kappa shape index (κ2) is 7.72. The van der Waals surface area contributed by atoms with Crippen LogP contribution in [0.25, 0.3) is 21.5 Å². The smallest absolute Gasteiger partial charge is 0.233 e. The number of fused-ring (bicyclic) bond motifs is 1. The van der Waals surface area contributed by atoms with Crippen LogP contribution in [0.3, 0.4) is 0 Å². The van der Waals surface area contributed by atoms with Crippen LogP contribution in [0.1, 0.15) is 26.2 Å². The van der Waals surface area contributed by atoms with Crippen LogP contribution < -0.4 is 0 Å². The van der Waals surface area contributed by atoms with E-state index in [4.69, 9.17) is 0 Å². The van der Waals surface area contributed by atoms with Crippen molar-refractivity contribution < 1.29 is 4.79 Å². The number of benzene rings is 1. The predicted octanol–water partition coefficient (Wildman–Crippen LogP) is 4.25. The van der Waals surface area contributed by atoms with Crippen molar-refractivity contribution in [2.45, 2.75) is 37.3 Å².